The summed E-state index contributed by atoms with van der Waals surface area (Å²) in [7, 11) is 0. The van der Waals surface area contributed by atoms with Crippen molar-refractivity contribution in [1.82, 2.24) is 5.32 Å². The number of rotatable bonds is 5. The fraction of sp³-hybridized carbons (Fsp3) is 0.647. The van der Waals surface area contributed by atoms with Crippen LogP contribution in [0.4, 0.5) is 0 Å². The van der Waals surface area contributed by atoms with Gasteiger partial charge in [-0.25, -0.2) is 0 Å². The van der Waals surface area contributed by atoms with Gasteiger partial charge in [-0.05, 0) is 56.7 Å². The molecule has 1 unspecified atom stereocenters. The van der Waals surface area contributed by atoms with E-state index in [0.717, 1.165) is 12.5 Å². The van der Waals surface area contributed by atoms with Crippen LogP contribution < -0.4 is 5.32 Å². The first-order valence-electron chi connectivity index (χ1n) is 7.53. The minimum Gasteiger partial charge on any atom is -0.310 e. The van der Waals surface area contributed by atoms with E-state index in [0.29, 0.717) is 6.04 Å². The van der Waals surface area contributed by atoms with E-state index >= 15 is 0 Å². The van der Waals surface area contributed by atoms with Crippen molar-refractivity contribution in [1.29, 1.82) is 0 Å². The molecule has 0 heterocycles. The van der Waals surface area contributed by atoms with E-state index in [4.69, 9.17) is 0 Å². The van der Waals surface area contributed by atoms with Gasteiger partial charge >= 0.3 is 0 Å². The van der Waals surface area contributed by atoms with Crippen molar-refractivity contribution in [2.45, 2.75) is 58.9 Å². The Kier molecular flexibility index (Phi) is 4.82. The molecule has 0 aliphatic heterocycles. The highest BCUT2D eigenvalue weighted by Gasteiger charge is 2.26. The first-order valence-corrected chi connectivity index (χ1v) is 7.53. The second-order valence-electron chi connectivity index (χ2n) is 5.84. The normalized spacial score (nSPS) is 18.2. The van der Waals surface area contributed by atoms with E-state index in [9.17, 15) is 0 Å². The van der Waals surface area contributed by atoms with Crippen LogP contribution in [0.25, 0.3) is 0 Å². The topological polar surface area (TPSA) is 12.0 Å². The Morgan fingerprint density at radius 2 is 1.94 bits per heavy atom. The van der Waals surface area contributed by atoms with Crippen LogP contribution in [-0.4, -0.2) is 6.54 Å². The molecule has 1 fully saturated rings. The Morgan fingerprint density at radius 1 is 1.22 bits per heavy atom. The molecular weight excluding hydrogens is 218 g/mol. The fourth-order valence-corrected chi connectivity index (χ4v) is 3.22. The summed E-state index contributed by atoms with van der Waals surface area (Å²) in [6.07, 6.45) is 6.84. The van der Waals surface area contributed by atoms with Crippen molar-refractivity contribution in [3.8, 4) is 0 Å². The molecule has 0 saturated heterocycles. The van der Waals surface area contributed by atoms with Gasteiger partial charge in [0.05, 0.1) is 0 Å². The quantitative estimate of drug-likeness (QED) is 0.803. The number of aryl methyl sites for hydroxylation is 2. The van der Waals surface area contributed by atoms with E-state index in [1.807, 2.05) is 0 Å². The lowest BCUT2D eigenvalue weighted by atomic mass is 9.88. The Balaban J connectivity index is 2.23. The van der Waals surface area contributed by atoms with Gasteiger partial charge in [0.15, 0.2) is 0 Å². The van der Waals surface area contributed by atoms with Gasteiger partial charge in [0.25, 0.3) is 0 Å². The lowest BCUT2D eigenvalue weighted by Crippen LogP contribution is -2.28. The van der Waals surface area contributed by atoms with Crippen LogP contribution in [0.2, 0.25) is 0 Å². The van der Waals surface area contributed by atoms with E-state index in [1.54, 1.807) is 0 Å². The molecule has 2 rings (SSSR count). The summed E-state index contributed by atoms with van der Waals surface area (Å²) in [5, 5.41) is 3.80. The highest BCUT2D eigenvalue weighted by Crippen LogP contribution is 2.37. The van der Waals surface area contributed by atoms with E-state index in [2.05, 4.69) is 44.3 Å². The van der Waals surface area contributed by atoms with Crippen LogP contribution in [0.5, 0.6) is 0 Å². The first-order chi connectivity index (χ1) is 8.72. The molecule has 1 N–H and O–H groups in total. The molecule has 0 bridgehead atoms. The number of hydrogen-bond acceptors (Lipinski definition) is 1. The SMILES string of the molecule is CCCNC(c1cc(C)ccc1C)C1CCCC1. The maximum absolute atomic E-state index is 3.80. The first kappa shape index (κ1) is 13.6. The Morgan fingerprint density at radius 3 is 2.61 bits per heavy atom. The van der Waals surface area contributed by atoms with Crippen molar-refractivity contribution in [2.75, 3.05) is 6.54 Å². The summed E-state index contributed by atoms with van der Waals surface area (Å²) < 4.78 is 0. The average molecular weight is 245 g/mol. The molecule has 0 aromatic heterocycles. The number of benzene rings is 1. The van der Waals surface area contributed by atoms with Crippen LogP contribution in [0, 0.1) is 19.8 Å². The molecule has 1 heteroatoms. The van der Waals surface area contributed by atoms with Crippen LogP contribution >= 0.6 is 0 Å². The maximum atomic E-state index is 3.80. The van der Waals surface area contributed by atoms with Gasteiger partial charge in [-0.2, -0.15) is 0 Å². The molecular formula is C17H27N. The third-order valence-electron chi connectivity index (χ3n) is 4.26. The van der Waals surface area contributed by atoms with Crippen molar-refractivity contribution < 1.29 is 0 Å². The molecule has 0 amide bonds. The monoisotopic (exact) mass is 245 g/mol. The fourth-order valence-electron chi connectivity index (χ4n) is 3.22. The zero-order valence-corrected chi connectivity index (χ0v) is 12.1. The van der Waals surface area contributed by atoms with Crippen molar-refractivity contribution in [3.63, 3.8) is 0 Å². The Hall–Kier alpha value is -0.820. The Bertz CT molecular complexity index is 377. The van der Waals surface area contributed by atoms with Gasteiger partial charge in [-0.1, -0.05) is 43.5 Å². The lowest BCUT2D eigenvalue weighted by molar-refractivity contribution is 0.367. The highest BCUT2D eigenvalue weighted by atomic mass is 14.9. The Labute approximate surface area is 112 Å². The summed E-state index contributed by atoms with van der Waals surface area (Å²) in [6.45, 7) is 7.84. The third-order valence-corrected chi connectivity index (χ3v) is 4.26. The highest BCUT2D eigenvalue weighted by molar-refractivity contribution is 5.33. The van der Waals surface area contributed by atoms with Crippen LogP contribution in [-0.2, 0) is 0 Å². The summed E-state index contributed by atoms with van der Waals surface area (Å²) >= 11 is 0. The largest absolute Gasteiger partial charge is 0.310 e. The molecule has 1 saturated carbocycles. The van der Waals surface area contributed by atoms with E-state index in [-0.39, 0.29) is 0 Å². The second kappa shape index (κ2) is 6.38. The third kappa shape index (κ3) is 3.14. The van der Waals surface area contributed by atoms with E-state index in [1.165, 1.54) is 48.8 Å². The number of hydrogen-bond donors (Lipinski definition) is 1. The minimum atomic E-state index is 0.576. The van der Waals surface area contributed by atoms with Crippen molar-refractivity contribution in [2.24, 2.45) is 5.92 Å². The smallest absolute Gasteiger partial charge is 0.0351 e. The second-order valence-corrected chi connectivity index (χ2v) is 5.84. The minimum absolute atomic E-state index is 0.576. The van der Waals surface area contributed by atoms with E-state index < -0.39 is 0 Å². The predicted molar refractivity (Wildman–Crippen MR) is 78.9 cm³/mol. The molecule has 1 aliphatic rings. The summed E-state index contributed by atoms with van der Waals surface area (Å²) in [6, 6.07) is 7.47. The van der Waals surface area contributed by atoms with Crippen molar-refractivity contribution >= 4 is 0 Å². The average Bonchev–Trinajstić information content (AvgIpc) is 2.88. The molecule has 1 aromatic carbocycles. The molecule has 18 heavy (non-hydrogen) atoms. The van der Waals surface area contributed by atoms with Crippen LogP contribution in [0.15, 0.2) is 18.2 Å². The zero-order valence-electron chi connectivity index (χ0n) is 12.1. The molecule has 1 aliphatic carbocycles. The molecule has 1 aromatic rings. The summed E-state index contributed by atoms with van der Waals surface area (Å²) in [4.78, 5) is 0. The number of nitrogens with one attached hydrogen (secondary N) is 1. The van der Waals surface area contributed by atoms with Gasteiger partial charge in [0, 0.05) is 6.04 Å². The summed E-state index contributed by atoms with van der Waals surface area (Å²) in [5.74, 6) is 0.844. The van der Waals surface area contributed by atoms with Crippen molar-refractivity contribution in [3.05, 3.63) is 34.9 Å². The lowest BCUT2D eigenvalue weighted by Gasteiger charge is -2.27. The van der Waals surface area contributed by atoms with Gasteiger partial charge in [-0.15, -0.1) is 0 Å². The van der Waals surface area contributed by atoms with Gasteiger partial charge in [-0.3, -0.25) is 0 Å². The van der Waals surface area contributed by atoms with Gasteiger partial charge < -0.3 is 5.32 Å². The maximum Gasteiger partial charge on any atom is 0.0351 e. The molecule has 0 radical (unpaired) electrons. The predicted octanol–water partition coefficient (Wildman–Crippen LogP) is 4.53. The molecule has 1 nitrogen and oxygen atoms in total. The zero-order chi connectivity index (χ0) is 13.0. The molecule has 1 atom stereocenters. The standard InChI is InChI=1S/C17H27N/c1-4-11-18-17(15-7-5-6-8-15)16-12-13(2)9-10-14(16)3/h9-10,12,15,17-18H,4-8,11H2,1-3H3. The summed E-state index contributed by atoms with van der Waals surface area (Å²) in [5.41, 5.74) is 4.37. The molecule has 100 valence electrons. The van der Waals surface area contributed by atoms with Crippen LogP contribution in [0.1, 0.15) is 61.8 Å². The molecule has 0 spiro atoms. The van der Waals surface area contributed by atoms with Gasteiger partial charge in [0.2, 0.25) is 0 Å². The van der Waals surface area contributed by atoms with Crippen LogP contribution in [0.3, 0.4) is 0 Å². The van der Waals surface area contributed by atoms with Gasteiger partial charge in [0.1, 0.15) is 0 Å².